The Hall–Kier alpha value is -2.39. The first-order chi connectivity index (χ1) is 13.9. The van der Waals surface area contributed by atoms with Gasteiger partial charge in [0.2, 0.25) is 10.0 Å². The maximum atomic E-state index is 11.6. The Bertz CT molecular complexity index is 917. The molecule has 2 aromatic rings. The van der Waals surface area contributed by atoms with E-state index in [0.29, 0.717) is 25.6 Å². The summed E-state index contributed by atoms with van der Waals surface area (Å²) in [5.74, 6) is 2.11. The molecule has 3 rings (SSSR count). The Morgan fingerprint density at radius 2 is 2.00 bits per heavy atom. The molecule has 0 saturated carbocycles. The number of sulfonamides is 1. The molecule has 29 heavy (non-hydrogen) atoms. The number of aliphatic imine (C=N–C) groups is 1. The SMILES string of the molecule is CN=C(NCC1CCN(S(C)(=O)=O)CC1)N(C)Cc1ncc(-c2ccccc2)[nH]1. The molecule has 1 aliphatic heterocycles. The minimum Gasteiger partial charge on any atom is -0.356 e. The summed E-state index contributed by atoms with van der Waals surface area (Å²) in [6, 6.07) is 10.1. The van der Waals surface area contributed by atoms with Crippen LogP contribution < -0.4 is 5.32 Å². The lowest BCUT2D eigenvalue weighted by molar-refractivity contribution is 0.273. The van der Waals surface area contributed by atoms with Crippen LogP contribution >= 0.6 is 0 Å². The summed E-state index contributed by atoms with van der Waals surface area (Å²) >= 11 is 0. The molecule has 1 fully saturated rings. The highest BCUT2D eigenvalue weighted by Gasteiger charge is 2.25. The van der Waals surface area contributed by atoms with Crippen LogP contribution in [0.4, 0.5) is 0 Å². The number of aromatic nitrogens is 2. The lowest BCUT2D eigenvalue weighted by Gasteiger charge is -2.31. The fourth-order valence-electron chi connectivity index (χ4n) is 3.57. The van der Waals surface area contributed by atoms with Crippen LogP contribution in [0.3, 0.4) is 0 Å². The number of aromatic amines is 1. The molecule has 0 bridgehead atoms. The van der Waals surface area contributed by atoms with Crippen molar-refractivity contribution in [1.82, 2.24) is 24.5 Å². The average molecular weight is 419 g/mol. The van der Waals surface area contributed by atoms with E-state index in [1.54, 1.807) is 11.4 Å². The number of benzene rings is 1. The standard InChI is InChI=1S/C20H30N6O2S/c1-21-20(23-13-16-9-11-26(12-10-16)29(3,27)28)25(2)15-19-22-14-18(24-19)17-7-5-4-6-8-17/h4-8,14,16H,9-13,15H2,1-3H3,(H,21,23)(H,22,24). The molecule has 1 aromatic carbocycles. The van der Waals surface area contributed by atoms with Crippen LogP contribution in [0.25, 0.3) is 11.3 Å². The monoisotopic (exact) mass is 418 g/mol. The maximum absolute atomic E-state index is 11.6. The Morgan fingerprint density at radius 1 is 1.31 bits per heavy atom. The van der Waals surface area contributed by atoms with Crippen molar-refractivity contribution in [2.75, 3.05) is 40.0 Å². The van der Waals surface area contributed by atoms with Crippen molar-refractivity contribution >= 4 is 16.0 Å². The minimum atomic E-state index is -3.08. The number of hydrogen-bond acceptors (Lipinski definition) is 4. The normalized spacial score (nSPS) is 16.7. The largest absolute Gasteiger partial charge is 0.356 e. The molecule has 2 N–H and O–H groups in total. The van der Waals surface area contributed by atoms with Crippen LogP contribution in [-0.4, -0.2) is 73.5 Å². The van der Waals surface area contributed by atoms with Crippen molar-refractivity contribution in [3.8, 4) is 11.3 Å². The summed E-state index contributed by atoms with van der Waals surface area (Å²) in [5, 5.41) is 3.42. The van der Waals surface area contributed by atoms with Gasteiger partial charge in [-0.1, -0.05) is 30.3 Å². The van der Waals surface area contributed by atoms with Crippen molar-refractivity contribution in [1.29, 1.82) is 0 Å². The Balaban J connectivity index is 1.50. The molecule has 0 unspecified atom stereocenters. The van der Waals surface area contributed by atoms with Gasteiger partial charge in [0.1, 0.15) is 5.82 Å². The summed E-state index contributed by atoms with van der Waals surface area (Å²) in [5.41, 5.74) is 2.10. The van der Waals surface area contributed by atoms with Gasteiger partial charge in [0.15, 0.2) is 5.96 Å². The molecular formula is C20H30N6O2S. The second kappa shape index (κ2) is 9.41. The maximum Gasteiger partial charge on any atom is 0.211 e. The van der Waals surface area contributed by atoms with E-state index in [2.05, 4.69) is 32.4 Å². The van der Waals surface area contributed by atoms with Crippen molar-refractivity contribution in [3.05, 3.63) is 42.4 Å². The van der Waals surface area contributed by atoms with E-state index >= 15 is 0 Å². The second-order valence-electron chi connectivity index (χ2n) is 7.50. The van der Waals surface area contributed by atoms with Gasteiger partial charge in [0, 0.05) is 33.7 Å². The van der Waals surface area contributed by atoms with Crippen LogP contribution in [0, 0.1) is 5.92 Å². The fourth-order valence-corrected chi connectivity index (χ4v) is 4.45. The van der Waals surface area contributed by atoms with Crippen LogP contribution in [0.15, 0.2) is 41.5 Å². The molecule has 0 amide bonds. The number of imidazole rings is 1. The first-order valence-corrected chi connectivity index (χ1v) is 11.7. The summed E-state index contributed by atoms with van der Waals surface area (Å²) in [4.78, 5) is 14.3. The molecule has 8 nitrogen and oxygen atoms in total. The van der Waals surface area contributed by atoms with Gasteiger partial charge in [-0.3, -0.25) is 4.99 Å². The predicted molar refractivity (Wildman–Crippen MR) is 116 cm³/mol. The zero-order chi connectivity index (χ0) is 20.9. The van der Waals surface area contributed by atoms with E-state index < -0.39 is 10.0 Å². The van der Waals surface area contributed by atoms with Gasteiger partial charge >= 0.3 is 0 Å². The lowest BCUT2D eigenvalue weighted by atomic mass is 9.98. The average Bonchev–Trinajstić information content (AvgIpc) is 3.17. The van der Waals surface area contributed by atoms with Gasteiger partial charge in [-0.05, 0) is 24.3 Å². The minimum absolute atomic E-state index is 0.437. The zero-order valence-electron chi connectivity index (χ0n) is 17.3. The summed E-state index contributed by atoms with van der Waals surface area (Å²) < 4.78 is 24.8. The van der Waals surface area contributed by atoms with Gasteiger partial charge < -0.3 is 15.2 Å². The van der Waals surface area contributed by atoms with Gasteiger partial charge in [0.25, 0.3) is 0 Å². The number of hydrogen-bond donors (Lipinski definition) is 2. The van der Waals surface area contributed by atoms with E-state index in [1.807, 2.05) is 36.3 Å². The highest BCUT2D eigenvalue weighted by molar-refractivity contribution is 7.88. The van der Waals surface area contributed by atoms with E-state index in [1.165, 1.54) is 6.26 Å². The van der Waals surface area contributed by atoms with E-state index in [0.717, 1.165) is 42.4 Å². The molecular weight excluding hydrogens is 388 g/mol. The molecule has 1 aromatic heterocycles. The molecule has 1 aliphatic rings. The quantitative estimate of drug-likeness (QED) is 0.551. The third kappa shape index (κ3) is 5.80. The number of rotatable bonds is 6. The smallest absolute Gasteiger partial charge is 0.211 e. The van der Waals surface area contributed by atoms with Gasteiger partial charge in [-0.2, -0.15) is 0 Å². The Labute approximate surface area is 173 Å². The third-order valence-corrected chi connectivity index (χ3v) is 6.57. The highest BCUT2D eigenvalue weighted by atomic mass is 32.2. The van der Waals surface area contributed by atoms with Crippen molar-refractivity contribution in [2.24, 2.45) is 10.9 Å². The predicted octanol–water partition coefficient (Wildman–Crippen LogP) is 1.76. The molecule has 0 aliphatic carbocycles. The van der Waals surface area contributed by atoms with Crippen molar-refractivity contribution in [3.63, 3.8) is 0 Å². The Morgan fingerprint density at radius 3 is 2.62 bits per heavy atom. The van der Waals surface area contributed by atoms with Crippen LogP contribution in [0.1, 0.15) is 18.7 Å². The summed E-state index contributed by atoms with van der Waals surface area (Å²) in [6.07, 6.45) is 4.85. The first kappa shape index (κ1) is 21.3. The van der Waals surface area contributed by atoms with Gasteiger partial charge in [0.05, 0.1) is 24.7 Å². The van der Waals surface area contributed by atoms with E-state index in [-0.39, 0.29) is 0 Å². The Kier molecular flexibility index (Phi) is 6.92. The molecule has 0 atom stereocenters. The van der Waals surface area contributed by atoms with Crippen LogP contribution in [0.5, 0.6) is 0 Å². The van der Waals surface area contributed by atoms with Gasteiger partial charge in [-0.25, -0.2) is 17.7 Å². The number of nitrogens with one attached hydrogen (secondary N) is 2. The molecule has 0 radical (unpaired) electrons. The topological polar surface area (TPSA) is 93.7 Å². The van der Waals surface area contributed by atoms with E-state index in [9.17, 15) is 8.42 Å². The molecule has 9 heteroatoms. The third-order valence-electron chi connectivity index (χ3n) is 5.26. The number of H-pyrrole nitrogens is 1. The number of piperidine rings is 1. The summed E-state index contributed by atoms with van der Waals surface area (Å²) in [7, 11) is 0.664. The fraction of sp³-hybridized carbons (Fsp3) is 0.500. The second-order valence-corrected chi connectivity index (χ2v) is 9.48. The highest BCUT2D eigenvalue weighted by Crippen LogP contribution is 2.19. The molecule has 0 spiro atoms. The zero-order valence-corrected chi connectivity index (χ0v) is 18.1. The van der Waals surface area contributed by atoms with Crippen LogP contribution in [0.2, 0.25) is 0 Å². The number of nitrogens with zero attached hydrogens (tertiary/aromatic N) is 4. The molecule has 1 saturated heterocycles. The lowest BCUT2D eigenvalue weighted by Crippen LogP contribution is -2.44. The first-order valence-electron chi connectivity index (χ1n) is 9.83. The van der Waals surface area contributed by atoms with E-state index in [4.69, 9.17) is 0 Å². The molecule has 158 valence electrons. The van der Waals surface area contributed by atoms with Crippen LogP contribution in [-0.2, 0) is 16.6 Å². The van der Waals surface area contributed by atoms with Gasteiger partial charge in [-0.15, -0.1) is 0 Å². The number of guanidine groups is 1. The summed E-state index contributed by atoms with van der Waals surface area (Å²) in [6.45, 7) is 2.57. The molecule has 2 heterocycles. The van der Waals surface area contributed by atoms with Crippen molar-refractivity contribution in [2.45, 2.75) is 19.4 Å². The van der Waals surface area contributed by atoms with Crippen molar-refractivity contribution < 1.29 is 8.42 Å².